The van der Waals surface area contributed by atoms with E-state index < -0.39 is 35.3 Å². The summed E-state index contributed by atoms with van der Waals surface area (Å²) in [5, 5.41) is 23.0. The van der Waals surface area contributed by atoms with Crippen LogP contribution in [0, 0.1) is 0 Å². The van der Waals surface area contributed by atoms with E-state index in [-0.39, 0.29) is 11.1 Å². The Balaban J connectivity index is 1.58. The summed E-state index contributed by atoms with van der Waals surface area (Å²) < 4.78 is 0.960. The first-order valence-corrected chi connectivity index (χ1v) is 10.4. The van der Waals surface area contributed by atoms with Crippen molar-refractivity contribution in [3.63, 3.8) is 0 Å². The quantitative estimate of drug-likeness (QED) is 0.249. The van der Waals surface area contributed by atoms with E-state index in [2.05, 4.69) is 10.3 Å². The summed E-state index contributed by atoms with van der Waals surface area (Å²) in [7, 11) is 0. The number of aromatic hydroxyl groups is 1. The summed E-state index contributed by atoms with van der Waals surface area (Å²) in [5.74, 6) is -1.97. The van der Waals surface area contributed by atoms with Crippen molar-refractivity contribution in [1.29, 1.82) is 0 Å². The van der Waals surface area contributed by atoms with Crippen LogP contribution >= 0.6 is 0 Å². The average Bonchev–Trinajstić information content (AvgIpc) is 2.83. The molecule has 1 aromatic heterocycles. The topological polar surface area (TPSA) is 145 Å². The minimum Gasteiger partial charge on any atom is -0.494 e. The number of hydrogen-bond donors (Lipinski definition) is 4. The maximum atomic E-state index is 12.8. The molecule has 35 heavy (non-hydrogen) atoms. The third kappa shape index (κ3) is 4.72. The first-order valence-electron chi connectivity index (χ1n) is 10.4. The molecule has 2 heterocycles. The van der Waals surface area contributed by atoms with Crippen LogP contribution in [-0.4, -0.2) is 37.9 Å². The number of nitrogens with zero attached hydrogens (tertiary/aromatic N) is 2. The Labute approximate surface area is 198 Å². The number of benzene rings is 2. The van der Waals surface area contributed by atoms with E-state index in [1.54, 1.807) is 60.7 Å². The van der Waals surface area contributed by atoms with Crippen molar-refractivity contribution >= 4 is 23.6 Å². The molecule has 4 N–H and O–H groups in total. The first kappa shape index (κ1) is 23.2. The molecule has 1 fully saturated rings. The Kier molecular flexibility index (Phi) is 6.56. The minimum absolute atomic E-state index is 0.157. The van der Waals surface area contributed by atoms with Gasteiger partial charge in [0, 0.05) is 5.69 Å². The van der Waals surface area contributed by atoms with Crippen LogP contribution in [-0.2, 0) is 9.59 Å². The van der Waals surface area contributed by atoms with Crippen molar-refractivity contribution in [3.05, 3.63) is 117 Å². The predicted molar refractivity (Wildman–Crippen MR) is 129 cm³/mol. The lowest BCUT2D eigenvalue weighted by Gasteiger charge is -2.33. The molecule has 176 valence electrons. The van der Waals surface area contributed by atoms with Crippen LogP contribution in [0.3, 0.4) is 0 Å². The number of aliphatic hydroxyl groups excluding tert-OH is 1. The van der Waals surface area contributed by atoms with E-state index >= 15 is 0 Å². The second-order valence-corrected chi connectivity index (χ2v) is 7.35. The van der Waals surface area contributed by atoms with Crippen molar-refractivity contribution in [2.75, 3.05) is 4.90 Å². The van der Waals surface area contributed by atoms with Gasteiger partial charge in [0.1, 0.15) is 11.1 Å². The number of carbonyl (C=O) groups excluding carboxylic acids is 2. The minimum atomic E-state index is -1.51. The second kappa shape index (κ2) is 9.89. The smallest absolute Gasteiger partial charge is 0.335 e. The third-order valence-electron chi connectivity index (χ3n) is 5.12. The van der Waals surface area contributed by atoms with Crippen LogP contribution in [0.25, 0.3) is 11.8 Å². The fourth-order valence-electron chi connectivity index (χ4n) is 3.46. The number of carbonyl (C=O) groups is 2. The van der Waals surface area contributed by atoms with Gasteiger partial charge < -0.3 is 15.5 Å². The third-order valence-corrected chi connectivity index (χ3v) is 5.12. The fraction of sp³-hybridized carbons (Fsp3) is 0.0400. The van der Waals surface area contributed by atoms with Crippen molar-refractivity contribution < 1.29 is 19.8 Å². The van der Waals surface area contributed by atoms with Crippen LogP contribution in [0.5, 0.6) is 5.88 Å². The summed E-state index contributed by atoms with van der Waals surface area (Å²) >= 11 is 0. The predicted octanol–water partition coefficient (Wildman–Crippen LogP) is 1.17. The van der Waals surface area contributed by atoms with Crippen LogP contribution in [0.1, 0.15) is 5.56 Å². The Morgan fingerprint density at radius 1 is 0.829 bits per heavy atom. The molecule has 10 nitrogen and oxygen atoms in total. The fourth-order valence-corrected chi connectivity index (χ4v) is 3.46. The van der Waals surface area contributed by atoms with Crippen molar-refractivity contribution in [2.45, 2.75) is 6.35 Å². The van der Waals surface area contributed by atoms with Crippen molar-refractivity contribution in [3.8, 4) is 11.6 Å². The van der Waals surface area contributed by atoms with E-state index in [1.165, 1.54) is 30.4 Å². The molecule has 10 heteroatoms. The standard InChI is InChI=1S/C25H20N4O6/c30-20-18(22(32)28(24(34)26-20)16-10-4-1-5-11-16)14-8-3-9-15-19-21(31)27-25(35)29(23(19)33)17-12-6-2-7-13-17/h1-15,24,33-34H,(H,26,30)(H,27,31,35)/b8-3+,15-9+,18-14+. The zero-order valence-electron chi connectivity index (χ0n) is 18.2. The molecule has 1 aliphatic rings. The van der Waals surface area contributed by atoms with Gasteiger partial charge in [-0.15, -0.1) is 0 Å². The van der Waals surface area contributed by atoms with Gasteiger partial charge in [0.25, 0.3) is 17.4 Å². The number of anilines is 1. The molecule has 1 aliphatic heterocycles. The van der Waals surface area contributed by atoms with Gasteiger partial charge in [-0.3, -0.25) is 24.3 Å². The number of hydrogen-bond acceptors (Lipinski definition) is 6. The molecule has 2 amide bonds. The number of rotatable bonds is 5. The molecule has 0 bridgehead atoms. The summed E-state index contributed by atoms with van der Waals surface area (Å²) in [6, 6.07) is 16.7. The van der Waals surface area contributed by atoms with E-state index in [0.29, 0.717) is 11.4 Å². The molecule has 0 aliphatic carbocycles. The zero-order valence-corrected chi connectivity index (χ0v) is 18.2. The van der Waals surface area contributed by atoms with Crippen molar-refractivity contribution in [1.82, 2.24) is 14.9 Å². The number of H-pyrrole nitrogens is 1. The molecule has 1 saturated heterocycles. The summed E-state index contributed by atoms with van der Waals surface area (Å²) in [4.78, 5) is 52.6. The Bertz CT molecular complexity index is 1470. The highest BCUT2D eigenvalue weighted by Crippen LogP contribution is 2.21. The van der Waals surface area contributed by atoms with Crippen molar-refractivity contribution in [2.24, 2.45) is 0 Å². The molecule has 0 radical (unpaired) electrons. The van der Waals surface area contributed by atoms with Gasteiger partial charge >= 0.3 is 5.69 Å². The number of allylic oxidation sites excluding steroid dienone is 4. The van der Waals surface area contributed by atoms with Crippen LogP contribution < -0.4 is 21.5 Å². The summed E-state index contributed by atoms with van der Waals surface area (Å²) in [6.07, 6.45) is 5.26. The molecular formula is C25H20N4O6. The number of para-hydroxylation sites is 2. The van der Waals surface area contributed by atoms with Gasteiger partial charge in [0.05, 0.1) is 5.69 Å². The van der Waals surface area contributed by atoms with Gasteiger partial charge in [-0.2, -0.15) is 0 Å². The highest BCUT2D eigenvalue weighted by atomic mass is 16.3. The Hall–Kier alpha value is -4.96. The molecule has 1 unspecified atom stereocenters. The number of aliphatic hydroxyl groups is 1. The van der Waals surface area contributed by atoms with Gasteiger partial charge in [-0.05, 0) is 36.4 Å². The molecule has 0 spiro atoms. The van der Waals surface area contributed by atoms with E-state index in [1.807, 2.05) is 0 Å². The monoisotopic (exact) mass is 472 g/mol. The molecular weight excluding hydrogens is 452 g/mol. The SMILES string of the molecule is O=C1NC(O)N(c2ccccc2)C(=O)/C1=C/C=C/C=C/c1c(O)n(-c2ccccc2)c(=O)[nH]c1=O. The van der Waals surface area contributed by atoms with Gasteiger partial charge in [0.2, 0.25) is 12.2 Å². The lowest BCUT2D eigenvalue weighted by Crippen LogP contribution is -2.58. The lowest BCUT2D eigenvalue weighted by atomic mass is 10.1. The van der Waals surface area contributed by atoms with Crippen LogP contribution in [0.4, 0.5) is 5.69 Å². The van der Waals surface area contributed by atoms with Gasteiger partial charge in [-0.1, -0.05) is 54.6 Å². The zero-order chi connectivity index (χ0) is 24.9. The Morgan fingerprint density at radius 3 is 2.11 bits per heavy atom. The average molecular weight is 472 g/mol. The summed E-state index contributed by atoms with van der Waals surface area (Å²) in [5.41, 5.74) is -1.16. The maximum Gasteiger partial charge on any atom is 0.335 e. The van der Waals surface area contributed by atoms with E-state index in [0.717, 1.165) is 9.47 Å². The molecule has 1 atom stereocenters. The number of nitrogens with one attached hydrogen (secondary N) is 2. The second-order valence-electron chi connectivity index (χ2n) is 7.35. The molecule has 4 rings (SSSR count). The van der Waals surface area contributed by atoms with E-state index in [4.69, 9.17) is 0 Å². The first-order chi connectivity index (χ1) is 16.9. The van der Waals surface area contributed by atoms with Crippen LogP contribution in [0.15, 0.2) is 100 Å². The highest BCUT2D eigenvalue weighted by molar-refractivity contribution is 6.25. The maximum absolute atomic E-state index is 12.8. The molecule has 0 saturated carbocycles. The lowest BCUT2D eigenvalue weighted by molar-refractivity contribution is -0.129. The molecule has 2 aromatic carbocycles. The van der Waals surface area contributed by atoms with Gasteiger partial charge in [0.15, 0.2) is 0 Å². The van der Waals surface area contributed by atoms with Gasteiger partial charge in [-0.25, -0.2) is 9.36 Å². The normalized spacial score (nSPS) is 17.5. The van der Waals surface area contributed by atoms with E-state index in [9.17, 15) is 29.4 Å². The number of aromatic nitrogens is 2. The largest absolute Gasteiger partial charge is 0.494 e. The highest BCUT2D eigenvalue weighted by Gasteiger charge is 2.36. The Morgan fingerprint density at radius 2 is 1.46 bits per heavy atom. The number of amides is 2. The van der Waals surface area contributed by atoms with Crippen LogP contribution in [0.2, 0.25) is 0 Å². The molecule has 3 aromatic rings. The number of aromatic amines is 1. The summed E-state index contributed by atoms with van der Waals surface area (Å²) in [6.45, 7) is 0.